The van der Waals surface area contributed by atoms with Gasteiger partial charge in [0.2, 0.25) is 0 Å². The normalized spacial score (nSPS) is 19.6. The van der Waals surface area contributed by atoms with Gasteiger partial charge in [0.25, 0.3) is 5.91 Å². The Morgan fingerprint density at radius 1 is 1.06 bits per heavy atom. The molecule has 5 nitrogen and oxygen atoms in total. The van der Waals surface area contributed by atoms with Crippen molar-refractivity contribution in [1.29, 1.82) is 0 Å². The Labute approximate surface area is 210 Å². The lowest BCUT2D eigenvalue weighted by Crippen LogP contribution is -2.42. The van der Waals surface area contributed by atoms with E-state index in [0.717, 1.165) is 13.1 Å². The van der Waals surface area contributed by atoms with E-state index in [0.29, 0.717) is 31.2 Å². The molecular formula is C29H42FN3O2. The Morgan fingerprint density at radius 3 is 2.31 bits per heavy atom. The zero-order chi connectivity index (χ0) is 25.7. The minimum absolute atomic E-state index is 0.0180. The van der Waals surface area contributed by atoms with Crippen molar-refractivity contribution in [2.75, 3.05) is 39.8 Å². The van der Waals surface area contributed by atoms with Crippen molar-refractivity contribution in [2.24, 2.45) is 5.92 Å². The van der Waals surface area contributed by atoms with Gasteiger partial charge in [-0.15, -0.1) is 0 Å². The Morgan fingerprint density at radius 2 is 1.71 bits per heavy atom. The van der Waals surface area contributed by atoms with E-state index < -0.39 is 6.10 Å². The van der Waals surface area contributed by atoms with Gasteiger partial charge < -0.3 is 14.9 Å². The number of likely N-dealkylation sites (N-methyl/N-ethyl adjacent to an activating group) is 1. The highest BCUT2D eigenvalue weighted by molar-refractivity contribution is 5.94. The number of rotatable bonds is 10. The van der Waals surface area contributed by atoms with Crippen LogP contribution < -0.4 is 0 Å². The number of likely N-dealkylation sites (tertiary alicyclic amines) is 1. The summed E-state index contributed by atoms with van der Waals surface area (Å²) in [7, 11) is 2.04. The maximum absolute atomic E-state index is 13.4. The predicted molar refractivity (Wildman–Crippen MR) is 140 cm³/mol. The summed E-state index contributed by atoms with van der Waals surface area (Å²) in [5.41, 5.74) is 3.08. The topological polar surface area (TPSA) is 47.0 Å². The molecule has 0 saturated carbocycles. The van der Waals surface area contributed by atoms with Crippen molar-refractivity contribution in [1.82, 2.24) is 14.7 Å². The molecule has 1 fully saturated rings. The Hall–Kier alpha value is -2.28. The van der Waals surface area contributed by atoms with E-state index in [1.54, 1.807) is 12.1 Å². The van der Waals surface area contributed by atoms with Crippen LogP contribution in [-0.2, 0) is 0 Å². The minimum atomic E-state index is -0.430. The van der Waals surface area contributed by atoms with Crippen LogP contribution in [-0.4, -0.2) is 83.7 Å². The number of β-amino-alcohol motifs (C(OH)–C–C–N with tert-alkyl or cyclic N) is 1. The molecular weight excluding hydrogens is 441 g/mol. The largest absolute Gasteiger partial charge is 0.390 e. The van der Waals surface area contributed by atoms with Gasteiger partial charge in [-0.3, -0.25) is 9.69 Å². The maximum Gasteiger partial charge on any atom is 0.254 e. The molecule has 192 valence electrons. The van der Waals surface area contributed by atoms with E-state index in [2.05, 4.69) is 54.8 Å². The molecule has 1 saturated heterocycles. The number of carbonyl (C=O) groups excluding carboxylic acids is 1. The van der Waals surface area contributed by atoms with Gasteiger partial charge in [-0.1, -0.05) is 24.3 Å². The average Bonchev–Trinajstić information content (AvgIpc) is 3.19. The first kappa shape index (κ1) is 27.3. The second kappa shape index (κ2) is 12.1. The van der Waals surface area contributed by atoms with Crippen LogP contribution in [0.2, 0.25) is 0 Å². The molecule has 1 heterocycles. The minimum Gasteiger partial charge on any atom is -0.390 e. The summed E-state index contributed by atoms with van der Waals surface area (Å²) in [5, 5.41) is 10.8. The zero-order valence-electron chi connectivity index (χ0n) is 22.1. The molecule has 35 heavy (non-hydrogen) atoms. The lowest BCUT2D eigenvalue weighted by atomic mass is 9.86. The second-order valence-electron chi connectivity index (χ2n) is 10.7. The van der Waals surface area contributed by atoms with Crippen LogP contribution in [0, 0.1) is 18.7 Å². The molecule has 1 N–H and O–H groups in total. The number of hydrogen-bond donors (Lipinski definition) is 1. The number of amides is 1. The number of nitrogens with zero attached hydrogens (tertiary/aromatic N) is 3. The highest BCUT2D eigenvalue weighted by Crippen LogP contribution is 2.35. The average molecular weight is 484 g/mol. The lowest BCUT2D eigenvalue weighted by Gasteiger charge is -2.32. The number of benzene rings is 2. The van der Waals surface area contributed by atoms with Gasteiger partial charge in [-0.2, -0.15) is 0 Å². The number of aryl methyl sites for hydroxylation is 1. The summed E-state index contributed by atoms with van der Waals surface area (Å²) in [4.78, 5) is 19.8. The third-order valence-corrected chi connectivity index (χ3v) is 7.36. The molecule has 0 spiro atoms. The number of halogens is 1. The molecule has 3 rings (SSSR count). The van der Waals surface area contributed by atoms with E-state index >= 15 is 0 Å². The molecule has 2 aromatic carbocycles. The van der Waals surface area contributed by atoms with Crippen LogP contribution in [0.3, 0.4) is 0 Å². The van der Waals surface area contributed by atoms with E-state index in [9.17, 15) is 14.3 Å². The fourth-order valence-corrected chi connectivity index (χ4v) is 5.09. The molecule has 0 aliphatic carbocycles. The molecule has 0 radical (unpaired) electrons. The van der Waals surface area contributed by atoms with Crippen LogP contribution in [0.25, 0.3) is 0 Å². The highest BCUT2D eigenvalue weighted by atomic mass is 19.1. The van der Waals surface area contributed by atoms with Crippen LogP contribution in [0.4, 0.5) is 4.39 Å². The fourth-order valence-electron chi connectivity index (χ4n) is 5.09. The SMILES string of the molecule is Cc1ccccc1C1CN(CC(O)CN(C)C(C)C)CC1CN(C(=O)c1ccc(F)cc1)C(C)C. The third kappa shape index (κ3) is 7.12. The number of carbonyl (C=O) groups is 1. The van der Waals surface area contributed by atoms with Gasteiger partial charge in [0.1, 0.15) is 5.82 Å². The van der Waals surface area contributed by atoms with Crippen molar-refractivity contribution in [3.8, 4) is 0 Å². The van der Waals surface area contributed by atoms with Gasteiger partial charge in [0.15, 0.2) is 0 Å². The fraction of sp³-hybridized carbons (Fsp3) is 0.552. The number of aliphatic hydroxyl groups excluding tert-OH is 1. The van der Waals surface area contributed by atoms with Crippen LogP contribution in [0.15, 0.2) is 48.5 Å². The Kier molecular flexibility index (Phi) is 9.45. The second-order valence-corrected chi connectivity index (χ2v) is 10.7. The first-order valence-corrected chi connectivity index (χ1v) is 12.8. The summed E-state index contributed by atoms with van der Waals surface area (Å²) in [6.07, 6.45) is -0.430. The Balaban J connectivity index is 1.81. The molecule has 1 aliphatic heterocycles. The van der Waals surface area contributed by atoms with E-state index in [1.807, 2.05) is 25.8 Å². The van der Waals surface area contributed by atoms with E-state index in [1.165, 1.54) is 23.3 Å². The highest BCUT2D eigenvalue weighted by Gasteiger charge is 2.37. The smallest absolute Gasteiger partial charge is 0.254 e. The summed E-state index contributed by atoms with van der Waals surface area (Å²) in [5.74, 6) is 0.0948. The lowest BCUT2D eigenvalue weighted by molar-refractivity contribution is 0.0652. The molecule has 6 heteroatoms. The first-order chi connectivity index (χ1) is 16.6. The van der Waals surface area contributed by atoms with Gasteiger partial charge in [0.05, 0.1) is 6.10 Å². The maximum atomic E-state index is 13.4. The van der Waals surface area contributed by atoms with Gasteiger partial charge in [0, 0.05) is 56.3 Å². The molecule has 1 aliphatic rings. The third-order valence-electron chi connectivity index (χ3n) is 7.36. The molecule has 2 aromatic rings. The number of aliphatic hydroxyl groups is 1. The standard InChI is InChI=1S/C29H42FN3O2/c1-20(2)31(6)17-26(34)18-32-15-24(28(19-32)27-10-8-7-9-22(27)5)16-33(21(3)4)29(35)23-11-13-25(30)14-12-23/h7-14,20-21,24,26,28,34H,15-19H2,1-6H3. The van der Waals surface area contributed by atoms with Crippen molar-refractivity contribution in [2.45, 2.75) is 58.7 Å². The molecule has 3 atom stereocenters. The van der Waals surface area contributed by atoms with Gasteiger partial charge >= 0.3 is 0 Å². The van der Waals surface area contributed by atoms with Crippen molar-refractivity contribution in [3.63, 3.8) is 0 Å². The molecule has 0 bridgehead atoms. The summed E-state index contributed by atoms with van der Waals surface area (Å²) in [6, 6.07) is 14.7. The van der Waals surface area contributed by atoms with Crippen molar-refractivity contribution < 1.29 is 14.3 Å². The quantitative estimate of drug-likeness (QED) is 0.544. The van der Waals surface area contributed by atoms with E-state index in [-0.39, 0.29) is 29.6 Å². The summed E-state index contributed by atoms with van der Waals surface area (Å²) < 4.78 is 13.4. The van der Waals surface area contributed by atoms with Crippen molar-refractivity contribution >= 4 is 5.91 Å². The number of hydrogen-bond acceptors (Lipinski definition) is 4. The van der Waals surface area contributed by atoms with Crippen LogP contribution in [0.1, 0.15) is 55.1 Å². The Bertz CT molecular complexity index is 963. The van der Waals surface area contributed by atoms with Crippen molar-refractivity contribution in [3.05, 3.63) is 71.0 Å². The predicted octanol–water partition coefficient (Wildman–Crippen LogP) is 4.40. The van der Waals surface area contributed by atoms with E-state index in [4.69, 9.17) is 0 Å². The molecule has 0 aromatic heterocycles. The van der Waals surface area contributed by atoms with Gasteiger partial charge in [-0.05, 0) is 83.0 Å². The summed E-state index contributed by atoms with van der Waals surface area (Å²) >= 11 is 0. The first-order valence-electron chi connectivity index (χ1n) is 12.8. The summed E-state index contributed by atoms with van der Waals surface area (Å²) in [6.45, 7) is 14.0. The van der Waals surface area contributed by atoms with Crippen LogP contribution in [0.5, 0.6) is 0 Å². The van der Waals surface area contributed by atoms with Gasteiger partial charge in [-0.25, -0.2) is 4.39 Å². The molecule has 1 amide bonds. The zero-order valence-corrected chi connectivity index (χ0v) is 22.1. The monoisotopic (exact) mass is 483 g/mol. The molecule has 3 unspecified atom stereocenters. The van der Waals surface area contributed by atoms with Crippen LogP contribution >= 0.6 is 0 Å².